The van der Waals surface area contributed by atoms with Crippen molar-refractivity contribution in [3.05, 3.63) is 34.6 Å². The quantitative estimate of drug-likeness (QED) is 0.477. The van der Waals surface area contributed by atoms with E-state index in [0.717, 1.165) is 63.1 Å². The average Bonchev–Trinajstić information content (AvgIpc) is 2.83. The normalized spacial score (nSPS) is 21.1. The number of hydrogen-bond donors (Lipinski definition) is 4. The van der Waals surface area contributed by atoms with Crippen molar-refractivity contribution in [1.29, 1.82) is 0 Å². The number of hydrogen-bond acceptors (Lipinski definition) is 8. The molecule has 2 aromatic rings. The molecule has 1 aliphatic heterocycles. The van der Waals surface area contributed by atoms with Crippen LogP contribution in [-0.4, -0.2) is 71.3 Å². The number of aryl methyl sites for hydroxylation is 3. The number of nitrogens with two attached hydrogens (primary N) is 1. The molecule has 0 bridgehead atoms. The van der Waals surface area contributed by atoms with Crippen LogP contribution < -0.4 is 21.3 Å². The molecule has 190 valence electrons. The number of rotatable bonds is 7. The lowest BCUT2D eigenvalue weighted by Crippen LogP contribution is -2.44. The van der Waals surface area contributed by atoms with Crippen molar-refractivity contribution in [2.24, 2.45) is 5.73 Å². The average molecular weight is 482 g/mol. The van der Waals surface area contributed by atoms with E-state index >= 15 is 0 Å². The largest absolute Gasteiger partial charge is 0.393 e. The van der Waals surface area contributed by atoms with Crippen LogP contribution in [-0.2, 0) is 6.42 Å². The Morgan fingerprint density at radius 2 is 1.74 bits per heavy atom. The lowest BCUT2D eigenvalue weighted by atomic mass is 9.93. The van der Waals surface area contributed by atoms with Crippen molar-refractivity contribution in [1.82, 2.24) is 14.9 Å². The number of aliphatic hydroxyl groups excluding tert-OH is 1. The van der Waals surface area contributed by atoms with Crippen LogP contribution in [0.4, 0.5) is 23.0 Å². The minimum atomic E-state index is -0.606. The molecule has 0 atom stereocenters. The molecule has 35 heavy (non-hydrogen) atoms. The number of aromatic nitrogens is 2. The van der Waals surface area contributed by atoms with Gasteiger partial charge in [-0.25, -0.2) is 9.97 Å². The Labute approximate surface area is 208 Å². The Kier molecular flexibility index (Phi) is 7.76. The van der Waals surface area contributed by atoms with Gasteiger partial charge in [0.1, 0.15) is 5.82 Å². The number of anilines is 4. The Morgan fingerprint density at radius 3 is 2.37 bits per heavy atom. The third kappa shape index (κ3) is 5.85. The third-order valence-corrected chi connectivity index (χ3v) is 7.21. The van der Waals surface area contributed by atoms with E-state index in [-0.39, 0.29) is 17.8 Å². The molecule has 9 nitrogen and oxygen atoms in total. The van der Waals surface area contributed by atoms with Gasteiger partial charge in [-0.2, -0.15) is 0 Å². The molecule has 1 saturated carbocycles. The van der Waals surface area contributed by atoms with Gasteiger partial charge in [-0.15, -0.1) is 0 Å². The fraction of sp³-hybridized carbons (Fsp3) is 0.577. The highest BCUT2D eigenvalue weighted by molar-refractivity contribution is 5.96. The van der Waals surface area contributed by atoms with Gasteiger partial charge >= 0.3 is 0 Å². The number of nitrogens with one attached hydrogen (secondary N) is 2. The maximum atomic E-state index is 12.3. The minimum Gasteiger partial charge on any atom is -0.393 e. The van der Waals surface area contributed by atoms with Gasteiger partial charge in [-0.1, -0.05) is 6.92 Å². The van der Waals surface area contributed by atoms with Crippen LogP contribution in [0, 0.1) is 13.8 Å². The predicted octanol–water partition coefficient (Wildman–Crippen LogP) is 2.97. The fourth-order valence-corrected chi connectivity index (χ4v) is 4.96. The highest BCUT2D eigenvalue weighted by Gasteiger charge is 2.23. The summed E-state index contributed by atoms with van der Waals surface area (Å²) in [4.78, 5) is 26.4. The molecule has 1 amide bonds. The van der Waals surface area contributed by atoms with Gasteiger partial charge in [0, 0.05) is 43.6 Å². The van der Waals surface area contributed by atoms with Gasteiger partial charge in [0.05, 0.1) is 11.8 Å². The summed E-state index contributed by atoms with van der Waals surface area (Å²) in [7, 11) is 2.16. The second-order valence-electron chi connectivity index (χ2n) is 9.95. The van der Waals surface area contributed by atoms with Gasteiger partial charge in [-0.05, 0) is 76.3 Å². The van der Waals surface area contributed by atoms with Gasteiger partial charge in [-0.3, -0.25) is 4.79 Å². The molecule has 2 fully saturated rings. The van der Waals surface area contributed by atoms with E-state index < -0.39 is 5.91 Å². The summed E-state index contributed by atoms with van der Waals surface area (Å²) in [6.07, 6.45) is 3.70. The van der Waals surface area contributed by atoms with Crippen molar-refractivity contribution >= 4 is 28.9 Å². The first-order valence-corrected chi connectivity index (χ1v) is 12.7. The number of nitrogens with zero attached hydrogens (tertiary/aromatic N) is 4. The topological polar surface area (TPSA) is 120 Å². The number of carbonyl (C=O) groups is 1. The number of primary amides is 1. The zero-order valence-corrected chi connectivity index (χ0v) is 21.4. The molecular weight excluding hydrogens is 442 g/mol. The van der Waals surface area contributed by atoms with Crippen molar-refractivity contribution in [2.45, 2.75) is 65.0 Å². The zero-order chi connectivity index (χ0) is 25.1. The van der Waals surface area contributed by atoms with E-state index in [4.69, 9.17) is 10.7 Å². The third-order valence-electron chi connectivity index (χ3n) is 7.21. The van der Waals surface area contributed by atoms with E-state index in [2.05, 4.69) is 58.4 Å². The lowest BCUT2D eigenvalue weighted by Gasteiger charge is -2.35. The van der Waals surface area contributed by atoms with Crippen molar-refractivity contribution in [3.8, 4) is 0 Å². The standard InChI is InChI=1S/C26H39N7O2/c1-5-20-25(28-18-6-8-19(34)9-7-18)31-26(23(29-20)24(27)35)30-21-14-17(3)22(15-16(21)2)33-12-10-32(4)11-13-33/h14-15,18-19,34H,5-13H2,1-4H3,(H2,27,35)(H2,28,30,31). The summed E-state index contributed by atoms with van der Waals surface area (Å²) in [5, 5.41) is 16.7. The van der Waals surface area contributed by atoms with Gasteiger partial charge in [0.2, 0.25) is 0 Å². The van der Waals surface area contributed by atoms with Gasteiger partial charge < -0.3 is 31.3 Å². The summed E-state index contributed by atoms with van der Waals surface area (Å²) in [5.41, 5.74) is 10.9. The van der Waals surface area contributed by atoms with Crippen LogP contribution in [0.2, 0.25) is 0 Å². The molecule has 1 saturated heterocycles. The lowest BCUT2D eigenvalue weighted by molar-refractivity contribution is 0.0996. The highest BCUT2D eigenvalue weighted by atomic mass is 16.3. The van der Waals surface area contributed by atoms with Gasteiger partial charge in [0.25, 0.3) is 5.91 Å². The van der Waals surface area contributed by atoms with Crippen LogP contribution in [0.25, 0.3) is 0 Å². The first kappa shape index (κ1) is 25.2. The highest BCUT2D eigenvalue weighted by Crippen LogP contribution is 2.31. The molecule has 0 radical (unpaired) electrons. The Morgan fingerprint density at radius 1 is 1.06 bits per heavy atom. The molecule has 2 heterocycles. The Bertz CT molecular complexity index is 1060. The second kappa shape index (κ2) is 10.8. The van der Waals surface area contributed by atoms with E-state index in [1.165, 1.54) is 11.3 Å². The number of likely N-dealkylation sites (N-methyl/N-ethyl adjacent to an activating group) is 1. The summed E-state index contributed by atoms with van der Waals surface area (Å²) in [6.45, 7) is 10.3. The summed E-state index contributed by atoms with van der Waals surface area (Å²) >= 11 is 0. The molecular formula is C26H39N7O2. The molecule has 1 aliphatic carbocycles. The van der Waals surface area contributed by atoms with Crippen LogP contribution >= 0.6 is 0 Å². The van der Waals surface area contributed by atoms with E-state index in [1.807, 2.05) is 6.92 Å². The molecule has 1 aromatic carbocycles. The zero-order valence-electron chi connectivity index (χ0n) is 21.4. The summed E-state index contributed by atoms with van der Waals surface area (Å²) in [5.74, 6) is 0.429. The Balaban J connectivity index is 1.62. The monoisotopic (exact) mass is 481 g/mol. The smallest absolute Gasteiger partial charge is 0.271 e. The van der Waals surface area contributed by atoms with Crippen LogP contribution in [0.5, 0.6) is 0 Å². The number of amides is 1. The molecule has 0 spiro atoms. The minimum absolute atomic E-state index is 0.145. The number of aliphatic hydroxyl groups is 1. The fourth-order valence-electron chi connectivity index (χ4n) is 4.96. The van der Waals surface area contributed by atoms with E-state index in [1.54, 1.807) is 0 Å². The molecule has 5 N–H and O–H groups in total. The maximum Gasteiger partial charge on any atom is 0.271 e. The van der Waals surface area contributed by atoms with E-state index in [0.29, 0.717) is 23.8 Å². The van der Waals surface area contributed by atoms with Crippen molar-refractivity contribution in [2.75, 3.05) is 48.8 Å². The maximum absolute atomic E-state index is 12.3. The van der Waals surface area contributed by atoms with Crippen LogP contribution in [0.3, 0.4) is 0 Å². The summed E-state index contributed by atoms with van der Waals surface area (Å²) < 4.78 is 0. The summed E-state index contributed by atoms with van der Waals surface area (Å²) in [6, 6.07) is 4.53. The number of benzene rings is 1. The predicted molar refractivity (Wildman–Crippen MR) is 141 cm³/mol. The van der Waals surface area contributed by atoms with Crippen molar-refractivity contribution < 1.29 is 9.90 Å². The van der Waals surface area contributed by atoms with Crippen molar-refractivity contribution in [3.63, 3.8) is 0 Å². The first-order chi connectivity index (χ1) is 16.7. The molecule has 2 aliphatic rings. The first-order valence-electron chi connectivity index (χ1n) is 12.7. The van der Waals surface area contributed by atoms with Crippen LogP contribution in [0.1, 0.15) is 59.9 Å². The van der Waals surface area contributed by atoms with Crippen LogP contribution in [0.15, 0.2) is 12.1 Å². The van der Waals surface area contributed by atoms with Gasteiger partial charge in [0.15, 0.2) is 11.5 Å². The molecule has 9 heteroatoms. The molecule has 0 unspecified atom stereocenters. The SMILES string of the molecule is CCc1nc(C(N)=O)c(Nc2cc(C)c(N3CCN(C)CC3)cc2C)nc1NC1CCC(O)CC1. The molecule has 4 rings (SSSR count). The van der Waals surface area contributed by atoms with E-state index in [9.17, 15) is 9.90 Å². The molecule has 1 aromatic heterocycles. The Hall–Kier alpha value is -2.91. The second-order valence-corrected chi connectivity index (χ2v) is 9.95. The number of piperazine rings is 1. The number of carbonyl (C=O) groups excluding carboxylic acids is 1.